The van der Waals surface area contributed by atoms with Crippen molar-refractivity contribution in [3.05, 3.63) is 77.9 Å². The number of fused-ring (bicyclic) bond motifs is 2. The first-order valence-corrected chi connectivity index (χ1v) is 9.30. The molecule has 0 fully saturated rings. The highest BCUT2D eigenvalue weighted by Gasteiger charge is 2.10. The van der Waals surface area contributed by atoms with Gasteiger partial charge in [-0.25, -0.2) is 4.98 Å². The van der Waals surface area contributed by atoms with Crippen molar-refractivity contribution in [3.63, 3.8) is 0 Å². The Bertz CT molecular complexity index is 1360. The van der Waals surface area contributed by atoms with Crippen molar-refractivity contribution >= 4 is 32.5 Å². The number of rotatable bonds is 2. The predicted octanol–water partition coefficient (Wildman–Crippen LogP) is 5.48. The largest absolute Gasteiger partial charge is 0.507 e. The van der Waals surface area contributed by atoms with Gasteiger partial charge >= 0.3 is 0 Å². The molecule has 4 nitrogen and oxygen atoms in total. The molecular weight excluding hydrogens is 354 g/mol. The first-order valence-electron chi connectivity index (χ1n) is 8.42. The lowest BCUT2D eigenvalue weighted by Crippen LogP contribution is -1.95. The van der Waals surface area contributed by atoms with E-state index in [2.05, 4.69) is 40.7 Å². The fourth-order valence-electron chi connectivity index (χ4n) is 3.39. The molecule has 27 heavy (non-hydrogen) atoms. The van der Waals surface area contributed by atoms with E-state index < -0.39 is 0 Å². The second-order valence-electron chi connectivity index (χ2n) is 6.27. The molecule has 0 amide bonds. The van der Waals surface area contributed by atoms with Crippen LogP contribution in [0.1, 0.15) is 5.56 Å². The Labute approximate surface area is 159 Å². The maximum Gasteiger partial charge on any atom is 0.144 e. The molecule has 0 radical (unpaired) electrons. The van der Waals surface area contributed by atoms with Gasteiger partial charge in [0.15, 0.2) is 0 Å². The van der Waals surface area contributed by atoms with Gasteiger partial charge < -0.3 is 9.67 Å². The zero-order chi connectivity index (χ0) is 18.4. The Kier molecular flexibility index (Phi) is 3.46. The molecule has 0 aliphatic heterocycles. The van der Waals surface area contributed by atoms with E-state index in [1.807, 2.05) is 29.1 Å². The van der Waals surface area contributed by atoms with Crippen LogP contribution in [0.2, 0.25) is 0 Å². The average molecular weight is 367 g/mol. The zero-order valence-corrected chi connectivity index (χ0v) is 14.9. The van der Waals surface area contributed by atoms with Gasteiger partial charge in [0.2, 0.25) is 0 Å². The molecule has 0 unspecified atom stereocenters. The molecule has 128 valence electrons. The molecule has 5 heteroatoms. The SMILES string of the molecule is N#Cc1cc(-n2ccc3cc(-c4cccc5sccc45)cnc32)ccc1O. The maximum atomic E-state index is 9.73. The van der Waals surface area contributed by atoms with Crippen molar-refractivity contribution in [3.8, 4) is 28.6 Å². The van der Waals surface area contributed by atoms with E-state index in [9.17, 15) is 5.11 Å². The van der Waals surface area contributed by atoms with Crippen LogP contribution in [0.25, 0.3) is 37.9 Å². The van der Waals surface area contributed by atoms with Crippen molar-refractivity contribution in [2.45, 2.75) is 0 Å². The van der Waals surface area contributed by atoms with E-state index in [1.165, 1.54) is 21.7 Å². The van der Waals surface area contributed by atoms with Gasteiger partial charge in [-0.1, -0.05) is 12.1 Å². The third-order valence-electron chi connectivity index (χ3n) is 4.71. The molecule has 0 aliphatic rings. The van der Waals surface area contributed by atoms with Gasteiger partial charge in [0.05, 0.1) is 5.56 Å². The van der Waals surface area contributed by atoms with E-state index in [4.69, 9.17) is 5.26 Å². The van der Waals surface area contributed by atoms with Crippen molar-refractivity contribution in [2.75, 3.05) is 0 Å². The Hall–Kier alpha value is -3.62. The summed E-state index contributed by atoms with van der Waals surface area (Å²) in [4.78, 5) is 4.68. The van der Waals surface area contributed by atoms with Crippen molar-refractivity contribution in [1.82, 2.24) is 9.55 Å². The molecule has 0 saturated heterocycles. The van der Waals surface area contributed by atoms with Crippen molar-refractivity contribution < 1.29 is 5.11 Å². The summed E-state index contributed by atoms with van der Waals surface area (Å²) in [5.74, 6) is -0.0168. The second-order valence-corrected chi connectivity index (χ2v) is 7.22. The molecule has 0 atom stereocenters. The van der Waals surface area contributed by atoms with Crippen LogP contribution in [-0.2, 0) is 0 Å². The molecule has 0 spiro atoms. The monoisotopic (exact) mass is 367 g/mol. The molecule has 5 rings (SSSR count). The fraction of sp³-hybridized carbons (Fsp3) is 0. The third-order valence-corrected chi connectivity index (χ3v) is 5.59. The number of pyridine rings is 1. The number of hydrogen-bond donors (Lipinski definition) is 1. The van der Waals surface area contributed by atoms with Crippen molar-refractivity contribution in [1.29, 1.82) is 5.26 Å². The van der Waals surface area contributed by atoms with Gasteiger partial charge in [0.1, 0.15) is 17.5 Å². The second kappa shape index (κ2) is 5.97. The minimum atomic E-state index is -0.0168. The molecular formula is C22H13N3OS. The lowest BCUT2D eigenvalue weighted by molar-refractivity contribution is 0.473. The van der Waals surface area contributed by atoms with E-state index in [0.29, 0.717) is 0 Å². The highest BCUT2D eigenvalue weighted by atomic mass is 32.1. The molecule has 0 aliphatic carbocycles. The molecule has 0 saturated carbocycles. The molecule has 3 aromatic heterocycles. The van der Waals surface area contributed by atoms with Gasteiger partial charge in [0.25, 0.3) is 0 Å². The summed E-state index contributed by atoms with van der Waals surface area (Å²) in [6.45, 7) is 0. The summed E-state index contributed by atoms with van der Waals surface area (Å²) >= 11 is 1.73. The quantitative estimate of drug-likeness (QED) is 0.449. The topological polar surface area (TPSA) is 61.8 Å². The Morgan fingerprint density at radius 2 is 2.00 bits per heavy atom. The van der Waals surface area contributed by atoms with Gasteiger partial charge in [-0.05, 0) is 53.4 Å². The summed E-state index contributed by atoms with van der Waals surface area (Å²) in [5.41, 5.74) is 4.10. The van der Waals surface area contributed by atoms with E-state index in [-0.39, 0.29) is 11.3 Å². The Morgan fingerprint density at radius 3 is 2.89 bits per heavy atom. The standard InChI is InChI=1S/C22H13N3OS/c23-12-15-11-17(4-5-20(15)26)25-8-6-14-10-16(13-24-22(14)25)18-2-1-3-21-19(18)7-9-27-21/h1-11,13,26H. The van der Waals surface area contributed by atoms with Crippen LogP contribution in [0.5, 0.6) is 5.75 Å². The number of aromatic hydroxyl groups is 1. The lowest BCUT2D eigenvalue weighted by atomic mass is 10.0. The minimum Gasteiger partial charge on any atom is -0.507 e. The highest BCUT2D eigenvalue weighted by Crippen LogP contribution is 2.33. The number of benzene rings is 2. The molecule has 3 heterocycles. The smallest absolute Gasteiger partial charge is 0.144 e. The molecule has 1 N–H and O–H groups in total. The number of phenols is 1. The van der Waals surface area contributed by atoms with Crippen LogP contribution in [0.15, 0.2) is 72.4 Å². The van der Waals surface area contributed by atoms with Gasteiger partial charge in [-0.2, -0.15) is 5.26 Å². The van der Waals surface area contributed by atoms with Crippen LogP contribution in [0.4, 0.5) is 0 Å². The maximum absolute atomic E-state index is 9.73. The normalized spacial score (nSPS) is 11.1. The summed E-state index contributed by atoms with van der Waals surface area (Å²) in [5, 5.41) is 23.2. The van der Waals surface area contributed by atoms with E-state index >= 15 is 0 Å². The highest BCUT2D eigenvalue weighted by molar-refractivity contribution is 7.17. The molecule has 0 bridgehead atoms. The summed E-state index contributed by atoms with van der Waals surface area (Å²) in [6.07, 6.45) is 3.82. The first kappa shape index (κ1) is 15.6. The summed E-state index contributed by atoms with van der Waals surface area (Å²) in [7, 11) is 0. The number of thiophene rings is 1. The molecule has 2 aromatic carbocycles. The number of phenolic OH excluding ortho intramolecular Hbond substituents is 1. The average Bonchev–Trinajstić information content (AvgIpc) is 3.34. The van der Waals surface area contributed by atoms with Crippen molar-refractivity contribution in [2.24, 2.45) is 0 Å². The zero-order valence-electron chi connectivity index (χ0n) is 14.1. The van der Waals surface area contributed by atoms with Crippen LogP contribution >= 0.6 is 11.3 Å². The van der Waals surface area contributed by atoms with Crippen LogP contribution < -0.4 is 0 Å². The Morgan fingerprint density at radius 1 is 1.07 bits per heavy atom. The van der Waals surface area contributed by atoms with Crippen LogP contribution in [0, 0.1) is 11.3 Å². The predicted molar refractivity (Wildman–Crippen MR) is 108 cm³/mol. The minimum absolute atomic E-state index is 0.0168. The summed E-state index contributed by atoms with van der Waals surface area (Å²) in [6, 6.07) is 19.6. The van der Waals surface area contributed by atoms with E-state index in [1.54, 1.807) is 23.5 Å². The lowest BCUT2D eigenvalue weighted by Gasteiger charge is -2.08. The van der Waals surface area contributed by atoms with Crippen LogP contribution in [0.3, 0.4) is 0 Å². The third kappa shape index (κ3) is 2.47. The summed E-state index contributed by atoms with van der Waals surface area (Å²) < 4.78 is 3.18. The number of nitriles is 1. The number of nitrogens with zero attached hydrogens (tertiary/aromatic N) is 3. The van der Waals surface area contributed by atoms with Gasteiger partial charge in [-0.15, -0.1) is 11.3 Å². The van der Waals surface area contributed by atoms with E-state index in [0.717, 1.165) is 22.3 Å². The fourth-order valence-corrected chi connectivity index (χ4v) is 4.20. The number of aromatic nitrogens is 2. The first-order chi connectivity index (χ1) is 13.2. The number of hydrogen-bond acceptors (Lipinski definition) is 4. The molecule has 5 aromatic rings. The van der Waals surface area contributed by atoms with Crippen LogP contribution in [-0.4, -0.2) is 14.7 Å². The van der Waals surface area contributed by atoms with Gasteiger partial charge in [0, 0.05) is 39.1 Å². The van der Waals surface area contributed by atoms with Gasteiger partial charge in [-0.3, -0.25) is 0 Å². The Balaban J connectivity index is 1.65.